The second-order valence-corrected chi connectivity index (χ2v) is 10.8. The van der Waals surface area contributed by atoms with Gasteiger partial charge < -0.3 is 4.74 Å². The van der Waals surface area contributed by atoms with E-state index in [1.165, 1.54) is 25.7 Å². The Morgan fingerprint density at radius 3 is 2.44 bits per heavy atom. The van der Waals surface area contributed by atoms with Gasteiger partial charge in [-0.05, 0) is 88.9 Å². The molecule has 2 heteroatoms. The number of rotatable bonds is 1. The van der Waals surface area contributed by atoms with Gasteiger partial charge in [-0.1, -0.05) is 25.5 Å². The van der Waals surface area contributed by atoms with E-state index in [-0.39, 0.29) is 11.0 Å². The van der Waals surface area contributed by atoms with E-state index in [0.29, 0.717) is 23.2 Å². The second kappa shape index (κ2) is 5.68. The Morgan fingerprint density at radius 2 is 1.72 bits per heavy atom. The van der Waals surface area contributed by atoms with E-state index >= 15 is 0 Å². The van der Waals surface area contributed by atoms with Crippen LogP contribution >= 0.6 is 0 Å². The molecular weight excluding hydrogens is 308 g/mol. The summed E-state index contributed by atoms with van der Waals surface area (Å²) in [5.41, 5.74) is 1.97. The maximum absolute atomic E-state index is 12.5. The molecule has 4 aliphatic carbocycles. The largest absolute Gasteiger partial charge is 0.372 e. The highest BCUT2D eigenvalue weighted by molar-refractivity contribution is 5.87. The zero-order chi connectivity index (χ0) is 18.0. The molecule has 0 aliphatic heterocycles. The third kappa shape index (κ3) is 2.74. The lowest BCUT2D eigenvalue weighted by molar-refractivity contribution is -0.132. The molecule has 0 aromatic heterocycles. The topological polar surface area (TPSA) is 26.3 Å². The monoisotopic (exact) mass is 344 g/mol. The van der Waals surface area contributed by atoms with Crippen molar-refractivity contribution < 1.29 is 9.53 Å². The summed E-state index contributed by atoms with van der Waals surface area (Å²) in [5.74, 6) is 2.71. The van der Waals surface area contributed by atoms with Crippen LogP contribution in [0.1, 0.15) is 86.0 Å². The van der Waals surface area contributed by atoms with Gasteiger partial charge in [0.05, 0.1) is 11.7 Å². The van der Waals surface area contributed by atoms with E-state index in [9.17, 15) is 4.79 Å². The van der Waals surface area contributed by atoms with E-state index in [4.69, 9.17) is 4.74 Å². The Hall–Kier alpha value is -0.630. The maximum Gasteiger partial charge on any atom is 0.139 e. The molecule has 0 unspecified atom stereocenters. The molecule has 2 nitrogen and oxygen atoms in total. The van der Waals surface area contributed by atoms with Crippen molar-refractivity contribution in [2.24, 2.45) is 28.6 Å². The van der Waals surface area contributed by atoms with E-state index < -0.39 is 0 Å². The number of carbonyl (C=O) groups is 1. The Labute approximate surface area is 153 Å². The van der Waals surface area contributed by atoms with Crippen LogP contribution in [0.4, 0.5) is 0 Å². The number of hydrogen-bond acceptors (Lipinski definition) is 2. The summed E-state index contributed by atoms with van der Waals surface area (Å²) in [6.45, 7) is 11.3. The SMILES string of the molecule is CC(C)(C)O[C@H]1CC[C@@]2(C)C(=CC[C@H]3[C@@H]2CC[C@]2(C)C(=O)CC[C@@H]32)C1. The smallest absolute Gasteiger partial charge is 0.139 e. The summed E-state index contributed by atoms with van der Waals surface area (Å²) >= 11 is 0. The minimum Gasteiger partial charge on any atom is -0.372 e. The summed E-state index contributed by atoms with van der Waals surface area (Å²) in [7, 11) is 0. The summed E-state index contributed by atoms with van der Waals surface area (Å²) in [4.78, 5) is 12.5. The predicted molar refractivity (Wildman–Crippen MR) is 101 cm³/mol. The Bertz CT molecular complexity index is 598. The van der Waals surface area contributed by atoms with Crippen molar-refractivity contribution in [2.45, 2.75) is 97.7 Å². The molecule has 3 saturated carbocycles. The number of ketones is 1. The molecule has 0 saturated heterocycles. The van der Waals surface area contributed by atoms with Crippen LogP contribution < -0.4 is 0 Å². The molecule has 0 N–H and O–H groups in total. The van der Waals surface area contributed by atoms with Crippen molar-refractivity contribution in [1.82, 2.24) is 0 Å². The summed E-state index contributed by atoms with van der Waals surface area (Å²) < 4.78 is 6.32. The fourth-order valence-corrected chi connectivity index (χ4v) is 7.00. The fourth-order valence-electron chi connectivity index (χ4n) is 7.00. The van der Waals surface area contributed by atoms with Crippen LogP contribution in [-0.2, 0) is 9.53 Å². The van der Waals surface area contributed by atoms with Gasteiger partial charge in [0.1, 0.15) is 5.78 Å². The third-order valence-electron chi connectivity index (χ3n) is 8.29. The van der Waals surface area contributed by atoms with Crippen LogP contribution in [0.2, 0.25) is 0 Å². The number of allylic oxidation sites excluding steroid dienone is 1. The lowest BCUT2D eigenvalue weighted by Gasteiger charge is -2.57. The van der Waals surface area contributed by atoms with Gasteiger partial charge in [0.2, 0.25) is 0 Å². The van der Waals surface area contributed by atoms with Gasteiger partial charge in [0.25, 0.3) is 0 Å². The fraction of sp³-hybridized carbons (Fsp3) is 0.870. The number of hydrogen-bond donors (Lipinski definition) is 0. The van der Waals surface area contributed by atoms with Crippen LogP contribution in [0, 0.1) is 28.6 Å². The van der Waals surface area contributed by atoms with Crippen molar-refractivity contribution in [2.75, 3.05) is 0 Å². The number of ether oxygens (including phenoxy) is 1. The molecule has 0 aromatic rings. The lowest BCUT2D eigenvalue weighted by atomic mass is 9.48. The average Bonchev–Trinajstić information content (AvgIpc) is 2.82. The van der Waals surface area contributed by atoms with Crippen molar-refractivity contribution in [3.8, 4) is 0 Å². The molecule has 0 bridgehead atoms. The summed E-state index contributed by atoms with van der Waals surface area (Å²) in [6, 6.07) is 0. The first-order chi connectivity index (χ1) is 11.6. The van der Waals surface area contributed by atoms with Gasteiger partial charge in [-0.2, -0.15) is 0 Å². The Balaban J connectivity index is 1.57. The Morgan fingerprint density at radius 1 is 1.04 bits per heavy atom. The van der Waals surface area contributed by atoms with Crippen LogP contribution in [0.15, 0.2) is 11.6 Å². The average molecular weight is 345 g/mol. The predicted octanol–water partition coefficient (Wildman–Crippen LogP) is 5.70. The zero-order valence-corrected chi connectivity index (χ0v) is 16.9. The quantitative estimate of drug-likeness (QED) is 0.570. The highest BCUT2D eigenvalue weighted by Gasteiger charge is 2.58. The normalized spacial score (nSPS) is 46.9. The van der Waals surface area contributed by atoms with Crippen LogP contribution in [0.5, 0.6) is 0 Å². The molecule has 4 rings (SSSR count). The maximum atomic E-state index is 12.5. The molecule has 140 valence electrons. The molecule has 0 aromatic carbocycles. The number of Topliss-reactive ketones (excluding diaryl/α,β-unsaturated/α-hetero) is 1. The first-order valence-electron chi connectivity index (χ1n) is 10.5. The van der Waals surface area contributed by atoms with Gasteiger partial charge in [-0.15, -0.1) is 0 Å². The lowest BCUT2D eigenvalue weighted by Crippen LogP contribution is -2.50. The van der Waals surface area contributed by atoms with E-state index in [1.807, 2.05) is 0 Å². The van der Waals surface area contributed by atoms with Gasteiger partial charge in [0, 0.05) is 11.8 Å². The first-order valence-corrected chi connectivity index (χ1v) is 10.5. The zero-order valence-electron chi connectivity index (χ0n) is 16.9. The molecule has 4 aliphatic rings. The van der Waals surface area contributed by atoms with E-state index in [2.05, 4.69) is 40.7 Å². The molecule has 0 radical (unpaired) electrons. The van der Waals surface area contributed by atoms with Crippen molar-refractivity contribution in [3.05, 3.63) is 11.6 Å². The van der Waals surface area contributed by atoms with Crippen LogP contribution in [-0.4, -0.2) is 17.5 Å². The Kier molecular flexibility index (Phi) is 4.04. The minimum atomic E-state index is -0.0486. The molecule has 0 heterocycles. The molecule has 0 spiro atoms. The van der Waals surface area contributed by atoms with Gasteiger partial charge in [-0.25, -0.2) is 0 Å². The van der Waals surface area contributed by atoms with Crippen molar-refractivity contribution in [1.29, 1.82) is 0 Å². The molecule has 6 atom stereocenters. The molecular formula is C23H36O2. The third-order valence-corrected chi connectivity index (χ3v) is 8.29. The van der Waals surface area contributed by atoms with E-state index in [0.717, 1.165) is 37.5 Å². The minimum absolute atomic E-state index is 0.00455. The van der Waals surface area contributed by atoms with Gasteiger partial charge in [0.15, 0.2) is 0 Å². The summed E-state index contributed by atoms with van der Waals surface area (Å²) in [6.07, 6.45) is 12.1. The number of fused-ring (bicyclic) bond motifs is 5. The van der Waals surface area contributed by atoms with Crippen molar-refractivity contribution in [3.63, 3.8) is 0 Å². The van der Waals surface area contributed by atoms with Crippen LogP contribution in [0.25, 0.3) is 0 Å². The standard InChI is InChI=1S/C23H36O2/c1-21(2,3)25-16-10-12-22(4)15(14-16)6-7-17-18-8-9-20(24)23(18,5)13-11-19(17)22/h6,16-19H,7-14H2,1-5H3/t16-,17+,18-,19-,22-,23-/m0/s1. The highest BCUT2D eigenvalue weighted by atomic mass is 16.5. The first kappa shape index (κ1) is 17.8. The highest BCUT2D eigenvalue weighted by Crippen LogP contribution is 2.64. The summed E-state index contributed by atoms with van der Waals surface area (Å²) in [5, 5.41) is 0. The van der Waals surface area contributed by atoms with E-state index in [1.54, 1.807) is 5.57 Å². The van der Waals surface area contributed by atoms with Crippen LogP contribution in [0.3, 0.4) is 0 Å². The van der Waals surface area contributed by atoms with Gasteiger partial charge in [-0.3, -0.25) is 4.79 Å². The molecule has 0 amide bonds. The van der Waals surface area contributed by atoms with Gasteiger partial charge >= 0.3 is 0 Å². The molecule has 3 fully saturated rings. The van der Waals surface area contributed by atoms with Crippen molar-refractivity contribution >= 4 is 5.78 Å². The second-order valence-electron chi connectivity index (χ2n) is 10.8. The number of carbonyl (C=O) groups excluding carboxylic acids is 1. The molecule has 25 heavy (non-hydrogen) atoms.